The fraction of sp³-hybridized carbons (Fsp3) is 0.429. The van der Waals surface area contributed by atoms with Crippen molar-refractivity contribution in [3.05, 3.63) is 52.8 Å². The average molecular weight is 469 g/mol. The lowest BCUT2D eigenvalue weighted by Gasteiger charge is -2.23. The lowest BCUT2D eigenvalue weighted by molar-refractivity contribution is 0.0936. The van der Waals surface area contributed by atoms with Gasteiger partial charge < -0.3 is 25.8 Å². The number of aromatic amines is 1. The van der Waals surface area contributed by atoms with Crippen LogP contribution in [-0.4, -0.2) is 60.5 Å². The minimum absolute atomic E-state index is 0.0783. The average Bonchev–Trinajstić information content (AvgIpc) is 3.27. The van der Waals surface area contributed by atoms with Crippen molar-refractivity contribution in [2.45, 2.75) is 43.6 Å². The van der Waals surface area contributed by atoms with Crippen LogP contribution in [0.25, 0.3) is 22.5 Å². The van der Waals surface area contributed by atoms with Crippen molar-refractivity contribution in [3.8, 4) is 22.5 Å². The normalized spacial score (nSPS) is 21.6. The SMILES string of the molecule is CN(C)C1CCN(c2ccc(-c3cc4c(cn3)CCc3c-4[nH]c4c3C(=O)NCC43CC3)cc2N)C1. The van der Waals surface area contributed by atoms with Crippen LogP contribution in [0.3, 0.4) is 0 Å². The summed E-state index contributed by atoms with van der Waals surface area (Å²) in [6, 6.07) is 9.08. The van der Waals surface area contributed by atoms with E-state index in [9.17, 15) is 4.79 Å². The lowest BCUT2D eigenvalue weighted by atomic mass is 9.86. The van der Waals surface area contributed by atoms with Gasteiger partial charge in [-0.2, -0.15) is 0 Å². The summed E-state index contributed by atoms with van der Waals surface area (Å²) in [6.07, 6.45) is 7.24. The number of hydrogen-bond donors (Lipinski definition) is 3. The fourth-order valence-corrected chi connectivity index (χ4v) is 6.39. The predicted molar refractivity (Wildman–Crippen MR) is 139 cm³/mol. The van der Waals surface area contributed by atoms with Crippen molar-refractivity contribution in [1.29, 1.82) is 0 Å². The zero-order valence-corrected chi connectivity index (χ0v) is 20.4. The molecule has 2 aliphatic heterocycles. The molecule has 180 valence electrons. The van der Waals surface area contributed by atoms with E-state index in [2.05, 4.69) is 58.5 Å². The summed E-state index contributed by atoms with van der Waals surface area (Å²) < 4.78 is 0. The van der Waals surface area contributed by atoms with Gasteiger partial charge in [-0.25, -0.2) is 0 Å². The quantitative estimate of drug-likeness (QED) is 0.513. The Kier molecular flexibility index (Phi) is 4.40. The molecule has 2 aromatic heterocycles. The number of carbonyl (C=O) groups is 1. The molecule has 0 radical (unpaired) electrons. The lowest BCUT2D eigenvalue weighted by Crippen LogP contribution is -2.39. The Balaban J connectivity index is 1.25. The molecule has 1 atom stereocenters. The van der Waals surface area contributed by atoms with Crippen LogP contribution in [0.2, 0.25) is 0 Å². The molecule has 1 saturated heterocycles. The van der Waals surface area contributed by atoms with E-state index in [0.717, 1.165) is 91.3 Å². The number of aryl methyl sites for hydroxylation is 1. The van der Waals surface area contributed by atoms with Crippen LogP contribution in [0.5, 0.6) is 0 Å². The third-order valence-electron chi connectivity index (χ3n) is 8.76. The zero-order chi connectivity index (χ0) is 23.9. The number of nitrogen functional groups attached to an aromatic ring is 1. The van der Waals surface area contributed by atoms with Gasteiger partial charge in [-0.1, -0.05) is 6.07 Å². The number of fused-ring (bicyclic) bond motifs is 6. The van der Waals surface area contributed by atoms with Crippen LogP contribution in [0.1, 0.15) is 46.4 Å². The van der Waals surface area contributed by atoms with E-state index in [1.807, 2.05) is 6.20 Å². The molecule has 7 heteroatoms. The molecule has 4 N–H and O–H groups in total. The number of anilines is 2. The second kappa shape index (κ2) is 7.34. The van der Waals surface area contributed by atoms with Gasteiger partial charge in [-0.3, -0.25) is 9.78 Å². The van der Waals surface area contributed by atoms with Gasteiger partial charge in [0, 0.05) is 54.1 Å². The van der Waals surface area contributed by atoms with Gasteiger partial charge in [0.2, 0.25) is 0 Å². The molecular formula is C28H32N6O. The van der Waals surface area contributed by atoms with Gasteiger partial charge in [0.25, 0.3) is 5.91 Å². The standard InChI is InChI=1S/C28H32N6O/c1-33(2)18-7-10-34(14-18)23-6-4-16(11-21(23)29)22-12-20-17(13-30-22)3-5-19-24-26(32-25(19)20)28(8-9-28)15-31-27(24)35/h4,6,11-13,18,32H,3,5,7-10,14-15,29H2,1-2H3,(H,31,35). The molecule has 0 bridgehead atoms. The second-order valence-corrected chi connectivity index (χ2v) is 11.0. The first-order chi connectivity index (χ1) is 16.9. The van der Waals surface area contributed by atoms with Gasteiger partial charge in [0.05, 0.1) is 28.3 Å². The van der Waals surface area contributed by atoms with Crippen molar-refractivity contribution in [2.24, 2.45) is 0 Å². The second-order valence-electron chi connectivity index (χ2n) is 11.0. The molecule has 1 saturated carbocycles. The Bertz CT molecular complexity index is 1370. The van der Waals surface area contributed by atoms with Crippen molar-refractivity contribution < 1.29 is 4.79 Å². The summed E-state index contributed by atoms with van der Waals surface area (Å²) >= 11 is 0. The molecule has 1 spiro atoms. The van der Waals surface area contributed by atoms with Crippen LogP contribution in [-0.2, 0) is 18.3 Å². The third kappa shape index (κ3) is 3.14. The predicted octanol–water partition coefficient (Wildman–Crippen LogP) is 3.34. The number of pyridine rings is 1. The molecule has 1 amide bonds. The van der Waals surface area contributed by atoms with Crippen molar-refractivity contribution in [2.75, 3.05) is 44.4 Å². The first-order valence-corrected chi connectivity index (χ1v) is 12.8. The number of carbonyl (C=O) groups excluding carboxylic acids is 1. The molecule has 4 heterocycles. The maximum Gasteiger partial charge on any atom is 0.253 e. The number of hydrogen-bond acceptors (Lipinski definition) is 5. The number of H-pyrrole nitrogens is 1. The van der Waals surface area contributed by atoms with E-state index in [0.29, 0.717) is 6.04 Å². The van der Waals surface area contributed by atoms with Gasteiger partial charge >= 0.3 is 0 Å². The summed E-state index contributed by atoms with van der Waals surface area (Å²) in [7, 11) is 4.29. The maximum atomic E-state index is 12.8. The Morgan fingerprint density at radius 2 is 2.06 bits per heavy atom. The van der Waals surface area contributed by atoms with Crippen LogP contribution < -0.4 is 16.0 Å². The molecule has 1 aromatic carbocycles. The molecule has 4 aliphatic rings. The van der Waals surface area contributed by atoms with Crippen LogP contribution in [0.15, 0.2) is 30.5 Å². The van der Waals surface area contributed by atoms with Crippen molar-refractivity contribution in [3.63, 3.8) is 0 Å². The van der Waals surface area contributed by atoms with Gasteiger partial charge in [-0.05, 0) is 75.5 Å². The zero-order valence-electron chi connectivity index (χ0n) is 20.4. The highest BCUT2D eigenvalue weighted by Crippen LogP contribution is 2.52. The number of benzene rings is 1. The summed E-state index contributed by atoms with van der Waals surface area (Å²) in [5.41, 5.74) is 17.3. The maximum absolute atomic E-state index is 12.8. The van der Waals surface area contributed by atoms with Crippen molar-refractivity contribution in [1.82, 2.24) is 20.2 Å². The number of likely N-dealkylation sites (N-methyl/N-ethyl adjacent to an activating group) is 1. The monoisotopic (exact) mass is 468 g/mol. The summed E-state index contributed by atoms with van der Waals surface area (Å²) in [6.45, 7) is 2.78. The van der Waals surface area contributed by atoms with E-state index < -0.39 is 0 Å². The van der Waals surface area contributed by atoms with Gasteiger partial charge in [-0.15, -0.1) is 0 Å². The number of nitrogens with one attached hydrogen (secondary N) is 2. The number of nitrogens with two attached hydrogens (primary N) is 1. The van der Waals surface area contributed by atoms with E-state index in [1.165, 1.54) is 16.7 Å². The summed E-state index contributed by atoms with van der Waals surface area (Å²) in [5, 5.41) is 3.14. The molecule has 35 heavy (non-hydrogen) atoms. The summed E-state index contributed by atoms with van der Waals surface area (Å²) in [4.78, 5) is 26.0. The van der Waals surface area contributed by atoms with E-state index >= 15 is 0 Å². The highest BCUT2D eigenvalue weighted by molar-refractivity contribution is 6.01. The van der Waals surface area contributed by atoms with Crippen LogP contribution in [0.4, 0.5) is 11.4 Å². The number of amides is 1. The Hall–Kier alpha value is -3.32. The van der Waals surface area contributed by atoms with Gasteiger partial charge in [0.15, 0.2) is 0 Å². The van der Waals surface area contributed by atoms with Crippen LogP contribution in [0, 0.1) is 0 Å². The van der Waals surface area contributed by atoms with Crippen molar-refractivity contribution >= 4 is 17.3 Å². The number of aromatic nitrogens is 2. The first kappa shape index (κ1) is 21.0. The van der Waals surface area contributed by atoms with Crippen LogP contribution >= 0.6 is 0 Å². The minimum atomic E-state index is 0.0783. The Labute approximate surface area is 205 Å². The molecule has 7 rings (SSSR count). The number of rotatable bonds is 3. The highest BCUT2D eigenvalue weighted by Gasteiger charge is 2.51. The fourth-order valence-electron chi connectivity index (χ4n) is 6.39. The summed E-state index contributed by atoms with van der Waals surface area (Å²) in [5.74, 6) is 0.0783. The van der Waals surface area contributed by atoms with E-state index in [4.69, 9.17) is 10.7 Å². The smallest absolute Gasteiger partial charge is 0.253 e. The molecule has 3 aromatic rings. The molecule has 2 fully saturated rings. The van der Waals surface area contributed by atoms with E-state index in [1.54, 1.807) is 0 Å². The number of nitrogens with zero attached hydrogens (tertiary/aromatic N) is 3. The topological polar surface area (TPSA) is 90.3 Å². The largest absolute Gasteiger partial charge is 0.397 e. The molecule has 2 aliphatic carbocycles. The molecule has 1 unspecified atom stereocenters. The minimum Gasteiger partial charge on any atom is -0.397 e. The molecular weight excluding hydrogens is 436 g/mol. The Morgan fingerprint density at radius 1 is 1.20 bits per heavy atom. The highest BCUT2D eigenvalue weighted by atomic mass is 16.1. The Morgan fingerprint density at radius 3 is 2.80 bits per heavy atom. The molecule has 7 nitrogen and oxygen atoms in total. The van der Waals surface area contributed by atoms with Gasteiger partial charge in [0.1, 0.15) is 0 Å². The third-order valence-corrected chi connectivity index (χ3v) is 8.76. The van der Waals surface area contributed by atoms with E-state index in [-0.39, 0.29) is 11.3 Å². The first-order valence-electron chi connectivity index (χ1n) is 12.8.